The monoisotopic (exact) mass is 282 g/mol. The molecule has 4 rings (SSSR count). The molecule has 0 radical (unpaired) electrons. The molecule has 3 heterocycles. The molecule has 6 heteroatoms. The van der Waals surface area contributed by atoms with E-state index >= 15 is 0 Å². The van der Waals surface area contributed by atoms with E-state index in [-0.39, 0.29) is 0 Å². The van der Waals surface area contributed by atoms with Gasteiger partial charge in [-0.3, -0.25) is 4.57 Å². The molecule has 1 N–H and O–H groups in total. The number of aromatic amines is 1. The van der Waals surface area contributed by atoms with Crippen molar-refractivity contribution in [1.82, 2.24) is 24.7 Å². The van der Waals surface area contributed by atoms with Crippen LogP contribution in [0, 0.1) is 0 Å². The Kier molecular flexibility index (Phi) is 2.87. The van der Waals surface area contributed by atoms with E-state index in [1.165, 1.54) is 19.3 Å². The van der Waals surface area contributed by atoms with Gasteiger partial charge in [0.2, 0.25) is 5.95 Å². The molecule has 0 aliphatic carbocycles. The second kappa shape index (κ2) is 4.87. The average molecular weight is 282 g/mol. The van der Waals surface area contributed by atoms with E-state index in [0.717, 1.165) is 41.5 Å². The van der Waals surface area contributed by atoms with Crippen molar-refractivity contribution in [3.63, 3.8) is 0 Å². The lowest BCUT2D eigenvalue weighted by molar-refractivity contribution is 0.562. The van der Waals surface area contributed by atoms with Gasteiger partial charge in [-0.25, -0.2) is 4.98 Å². The SMILES string of the molecule is Cn1c(-c2ccc3nc[nH]c3c2)nnc1N1CCCCC1. The summed E-state index contributed by atoms with van der Waals surface area (Å²) in [6, 6.07) is 6.13. The summed E-state index contributed by atoms with van der Waals surface area (Å²) in [5.41, 5.74) is 3.05. The van der Waals surface area contributed by atoms with Gasteiger partial charge in [0.25, 0.3) is 0 Å². The molecule has 1 saturated heterocycles. The van der Waals surface area contributed by atoms with Crippen LogP contribution in [0.4, 0.5) is 5.95 Å². The van der Waals surface area contributed by atoms with E-state index in [9.17, 15) is 0 Å². The highest BCUT2D eigenvalue weighted by molar-refractivity contribution is 5.80. The van der Waals surface area contributed by atoms with Gasteiger partial charge in [-0.05, 0) is 37.5 Å². The van der Waals surface area contributed by atoms with Gasteiger partial charge in [0, 0.05) is 25.7 Å². The highest BCUT2D eigenvalue weighted by Gasteiger charge is 2.18. The maximum atomic E-state index is 4.40. The van der Waals surface area contributed by atoms with Gasteiger partial charge in [0.05, 0.1) is 17.4 Å². The Balaban J connectivity index is 1.73. The van der Waals surface area contributed by atoms with Crippen LogP contribution in [0.2, 0.25) is 0 Å². The largest absolute Gasteiger partial charge is 0.345 e. The Morgan fingerprint density at radius 2 is 1.95 bits per heavy atom. The Labute approximate surface area is 122 Å². The predicted octanol–water partition coefficient (Wildman–Crippen LogP) is 2.35. The van der Waals surface area contributed by atoms with Gasteiger partial charge < -0.3 is 9.88 Å². The summed E-state index contributed by atoms with van der Waals surface area (Å²) in [6.45, 7) is 2.15. The Bertz CT molecular complexity index is 765. The number of H-pyrrole nitrogens is 1. The number of imidazole rings is 1. The third-order valence-electron chi connectivity index (χ3n) is 4.17. The Hall–Kier alpha value is -2.37. The van der Waals surface area contributed by atoms with Crippen LogP contribution in [0.5, 0.6) is 0 Å². The second-order valence-corrected chi connectivity index (χ2v) is 5.56. The number of benzene rings is 1. The first-order chi connectivity index (χ1) is 10.3. The smallest absolute Gasteiger partial charge is 0.227 e. The molecule has 6 nitrogen and oxygen atoms in total. The molecule has 1 aromatic carbocycles. The lowest BCUT2D eigenvalue weighted by Crippen LogP contribution is -2.31. The molecule has 0 amide bonds. The van der Waals surface area contributed by atoms with Crippen LogP contribution in [0.25, 0.3) is 22.4 Å². The summed E-state index contributed by atoms with van der Waals surface area (Å²) in [5, 5.41) is 8.79. The zero-order chi connectivity index (χ0) is 14.2. The van der Waals surface area contributed by atoms with Crippen LogP contribution < -0.4 is 4.90 Å². The van der Waals surface area contributed by atoms with E-state index in [1.807, 2.05) is 19.2 Å². The van der Waals surface area contributed by atoms with Crippen LogP contribution in [0.1, 0.15) is 19.3 Å². The van der Waals surface area contributed by atoms with Gasteiger partial charge in [0.15, 0.2) is 5.82 Å². The third kappa shape index (κ3) is 2.07. The molecule has 0 bridgehead atoms. The number of aromatic nitrogens is 5. The average Bonchev–Trinajstić information content (AvgIpc) is 3.13. The van der Waals surface area contributed by atoms with Crippen molar-refractivity contribution in [2.75, 3.05) is 18.0 Å². The molecule has 3 aromatic rings. The number of anilines is 1. The van der Waals surface area contributed by atoms with E-state index in [0.29, 0.717) is 0 Å². The number of rotatable bonds is 2. The summed E-state index contributed by atoms with van der Waals surface area (Å²) in [7, 11) is 2.04. The summed E-state index contributed by atoms with van der Waals surface area (Å²) >= 11 is 0. The summed E-state index contributed by atoms with van der Waals surface area (Å²) < 4.78 is 2.09. The molecule has 1 aliphatic rings. The lowest BCUT2D eigenvalue weighted by atomic mass is 10.1. The summed E-state index contributed by atoms with van der Waals surface area (Å²) in [6.07, 6.45) is 5.51. The molecular formula is C15H18N6. The van der Waals surface area contributed by atoms with Gasteiger partial charge in [-0.2, -0.15) is 0 Å². The lowest BCUT2D eigenvalue weighted by Gasteiger charge is -2.27. The normalized spacial score (nSPS) is 15.8. The molecule has 0 unspecified atom stereocenters. The van der Waals surface area contributed by atoms with Crippen LogP contribution in [-0.4, -0.2) is 37.8 Å². The minimum atomic E-state index is 0.895. The van der Waals surface area contributed by atoms with Crippen molar-refractivity contribution < 1.29 is 0 Å². The van der Waals surface area contributed by atoms with Crippen LogP contribution in [-0.2, 0) is 7.05 Å². The van der Waals surface area contributed by atoms with Crippen molar-refractivity contribution in [3.05, 3.63) is 24.5 Å². The van der Waals surface area contributed by atoms with Crippen LogP contribution >= 0.6 is 0 Å². The maximum absolute atomic E-state index is 4.40. The molecule has 0 saturated carbocycles. The van der Waals surface area contributed by atoms with Crippen molar-refractivity contribution in [2.24, 2.45) is 7.05 Å². The standard InChI is InChI=1S/C15H18N6/c1-20-14(11-5-6-12-13(9-11)17-10-16-12)18-19-15(20)21-7-3-2-4-8-21/h5-6,9-10H,2-4,7-8H2,1H3,(H,16,17). The minimum absolute atomic E-state index is 0.895. The van der Waals surface area contributed by atoms with Crippen LogP contribution in [0.3, 0.4) is 0 Å². The zero-order valence-corrected chi connectivity index (χ0v) is 12.1. The van der Waals surface area contributed by atoms with Gasteiger partial charge in [-0.1, -0.05) is 0 Å². The van der Waals surface area contributed by atoms with Gasteiger partial charge in [-0.15, -0.1) is 10.2 Å². The predicted molar refractivity (Wildman–Crippen MR) is 82.2 cm³/mol. The van der Waals surface area contributed by atoms with E-state index < -0.39 is 0 Å². The quantitative estimate of drug-likeness (QED) is 0.783. The molecule has 0 spiro atoms. The first kappa shape index (κ1) is 12.4. The number of nitrogens with one attached hydrogen (secondary N) is 1. The fourth-order valence-corrected chi connectivity index (χ4v) is 3.02. The van der Waals surface area contributed by atoms with Crippen molar-refractivity contribution >= 4 is 17.0 Å². The molecule has 0 atom stereocenters. The fourth-order valence-electron chi connectivity index (χ4n) is 3.02. The maximum Gasteiger partial charge on any atom is 0.227 e. The topological polar surface area (TPSA) is 62.6 Å². The highest BCUT2D eigenvalue weighted by atomic mass is 15.4. The molecule has 2 aromatic heterocycles. The fraction of sp³-hybridized carbons (Fsp3) is 0.400. The number of fused-ring (bicyclic) bond motifs is 1. The molecule has 1 aliphatic heterocycles. The molecular weight excluding hydrogens is 264 g/mol. The third-order valence-corrected chi connectivity index (χ3v) is 4.17. The zero-order valence-electron chi connectivity index (χ0n) is 12.1. The first-order valence-corrected chi connectivity index (χ1v) is 7.41. The van der Waals surface area contributed by atoms with Crippen molar-refractivity contribution in [2.45, 2.75) is 19.3 Å². The van der Waals surface area contributed by atoms with Gasteiger partial charge >= 0.3 is 0 Å². The Morgan fingerprint density at radius 3 is 2.81 bits per heavy atom. The number of hydrogen-bond acceptors (Lipinski definition) is 4. The molecule has 21 heavy (non-hydrogen) atoms. The number of nitrogens with zero attached hydrogens (tertiary/aromatic N) is 5. The number of piperidine rings is 1. The number of hydrogen-bond donors (Lipinski definition) is 1. The van der Waals surface area contributed by atoms with Crippen LogP contribution in [0.15, 0.2) is 24.5 Å². The van der Waals surface area contributed by atoms with Gasteiger partial charge in [0.1, 0.15) is 0 Å². The second-order valence-electron chi connectivity index (χ2n) is 5.56. The Morgan fingerprint density at radius 1 is 1.10 bits per heavy atom. The summed E-state index contributed by atoms with van der Waals surface area (Å²) in [4.78, 5) is 9.72. The minimum Gasteiger partial charge on any atom is -0.345 e. The molecule has 108 valence electrons. The van der Waals surface area contributed by atoms with Crippen molar-refractivity contribution in [3.8, 4) is 11.4 Å². The van der Waals surface area contributed by atoms with E-state index in [2.05, 4.69) is 35.7 Å². The highest BCUT2D eigenvalue weighted by Crippen LogP contribution is 2.25. The summed E-state index contributed by atoms with van der Waals surface area (Å²) in [5.74, 6) is 1.86. The van der Waals surface area contributed by atoms with Crippen molar-refractivity contribution in [1.29, 1.82) is 0 Å². The van der Waals surface area contributed by atoms with E-state index in [1.54, 1.807) is 6.33 Å². The first-order valence-electron chi connectivity index (χ1n) is 7.41. The molecule has 1 fully saturated rings. The van der Waals surface area contributed by atoms with E-state index in [4.69, 9.17) is 0 Å².